The Hall–Kier alpha value is -3.40. The number of aromatic nitrogens is 2. The molecule has 2 heterocycles. The Balaban J connectivity index is 1.83. The molecule has 0 fully saturated rings. The Labute approximate surface area is 143 Å². The van der Waals surface area contributed by atoms with Crippen molar-refractivity contribution in [2.75, 3.05) is 0 Å². The van der Waals surface area contributed by atoms with E-state index in [0.29, 0.717) is 11.4 Å². The van der Waals surface area contributed by atoms with Crippen molar-refractivity contribution in [1.82, 2.24) is 9.97 Å². The van der Waals surface area contributed by atoms with Gasteiger partial charge in [0.15, 0.2) is 0 Å². The van der Waals surface area contributed by atoms with E-state index in [9.17, 15) is 9.59 Å². The maximum absolute atomic E-state index is 12.0. The Morgan fingerprint density at radius 1 is 0.880 bits per heavy atom. The van der Waals surface area contributed by atoms with Crippen LogP contribution >= 0.6 is 0 Å². The lowest BCUT2D eigenvalue weighted by atomic mass is 9.94. The van der Waals surface area contributed by atoms with Gasteiger partial charge in [0.1, 0.15) is 11.4 Å². The van der Waals surface area contributed by atoms with E-state index in [2.05, 4.69) is 34.7 Å². The van der Waals surface area contributed by atoms with Crippen molar-refractivity contribution >= 4 is 6.08 Å². The average molecular weight is 324 g/mol. The first-order valence-corrected chi connectivity index (χ1v) is 8.03. The van der Waals surface area contributed by atoms with Gasteiger partial charge in [-0.3, -0.25) is 9.59 Å². The molecule has 118 valence electrons. The van der Waals surface area contributed by atoms with Crippen LogP contribution in [0.1, 0.15) is 16.8 Å². The molecule has 0 N–H and O–H groups in total. The molecule has 0 saturated heterocycles. The van der Waals surface area contributed by atoms with Crippen LogP contribution in [0.2, 0.25) is 0 Å². The number of hydrogen-bond donors (Lipinski definition) is 0. The first-order chi connectivity index (χ1) is 12.2. The lowest BCUT2D eigenvalue weighted by Crippen LogP contribution is -2.19. The van der Waals surface area contributed by atoms with Crippen LogP contribution in [0.5, 0.6) is 0 Å². The quantitative estimate of drug-likeness (QED) is 0.468. The zero-order chi connectivity index (χ0) is 17.1. The second-order valence-corrected chi connectivity index (χ2v) is 6.19. The van der Waals surface area contributed by atoms with Crippen molar-refractivity contribution in [3.63, 3.8) is 0 Å². The molecule has 0 aromatic heterocycles. The summed E-state index contributed by atoms with van der Waals surface area (Å²) in [5, 5.41) is 0. The maximum Gasteiger partial charge on any atom is 0.320 e. The van der Waals surface area contributed by atoms with Crippen LogP contribution in [0.3, 0.4) is 0 Å². The second-order valence-electron chi connectivity index (χ2n) is 6.19. The fourth-order valence-corrected chi connectivity index (χ4v) is 3.79. The molecule has 0 amide bonds. The highest BCUT2D eigenvalue weighted by atomic mass is 16.2. The molecule has 0 atom stereocenters. The summed E-state index contributed by atoms with van der Waals surface area (Å²) in [6, 6.07) is 14.4. The van der Waals surface area contributed by atoms with E-state index in [4.69, 9.17) is 0 Å². The minimum Gasteiger partial charge on any atom is -0.281 e. The van der Waals surface area contributed by atoms with Gasteiger partial charge in [0, 0.05) is 5.56 Å². The van der Waals surface area contributed by atoms with E-state index in [-0.39, 0.29) is 5.69 Å². The molecular formula is C21H12N2O2. The van der Waals surface area contributed by atoms with Gasteiger partial charge in [-0.1, -0.05) is 49.0 Å². The SMILES string of the molecule is C=Cc1nc2c(=O)c(=O)nc-2c1-c1cccc2c1Cc1ccccc1-2. The summed E-state index contributed by atoms with van der Waals surface area (Å²) in [7, 11) is 0. The number of fused-ring (bicyclic) bond motifs is 4. The Morgan fingerprint density at radius 3 is 2.48 bits per heavy atom. The first-order valence-electron chi connectivity index (χ1n) is 8.03. The van der Waals surface area contributed by atoms with Gasteiger partial charge in [-0.15, -0.1) is 0 Å². The topological polar surface area (TPSA) is 59.9 Å². The van der Waals surface area contributed by atoms with Crippen LogP contribution in [-0.4, -0.2) is 9.97 Å². The van der Waals surface area contributed by atoms with Crippen LogP contribution in [0.15, 0.2) is 58.6 Å². The molecule has 0 radical (unpaired) electrons. The van der Waals surface area contributed by atoms with Crippen LogP contribution < -0.4 is 11.0 Å². The third-order valence-electron chi connectivity index (χ3n) is 4.89. The molecule has 3 aliphatic rings. The lowest BCUT2D eigenvalue weighted by molar-refractivity contribution is 1.25. The third-order valence-corrected chi connectivity index (χ3v) is 4.89. The van der Waals surface area contributed by atoms with Gasteiger partial charge >= 0.3 is 5.56 Å². The summed E-state index contributed by atoms with van der Waals surface area (Å²) in [6.07, 6.45) is 2.42. The zero-order valence-electron chi connectivity index (χ0n) is 13.2. The predicted molar refractivity (Wildman–Crippen MR) is 97.3 cm³/mol. The van der Waals surface area contributed by atoms with Gasteiger partial charge in [-0.2, -0.15) is 0 Å². The van der Waals surface area contributed by atoms with E-state index in [1.807, 2.05) is 24.3 Å². The zero-order valence-corrected chi connectivity index (χ0v) is 13.2. The molecule has 25 heavy (non-hydrogen) atoms. The standard InChI is InChI=1S/C21H12N2O2/c1-2-16-17(18-19(22-16)20(24)21(25)23-18)14-9-5-8-13-12-7-4-3-6-11(12)10-15(13)14/h2-9H,1,10H2. The monoisotopic (exact) mass is 324 g/mol. The molecule has 0 saturated carbocycles. The molecule has 2 aliphatic heterocycles. The van der Waals surface area contributed by atoms with E-state index in [1.165, 1.54) is 22.3 Å². The van der Waals surface area contributed by atoms with Crippen LogP contribution in [0.4, 0.5) is 0 Å². The van der Waals surface area contributed by atoms with Gasteiger partial charge in [-0.05, 0) is 40.3 Å². The number of nitrogens with zero attached hydrogens (tertiary/aromatic N) is 2. The molecule has 0 bridgehead atoms. The van der Waals surface area contributed by atoms with Crippen molar-refractivity contribution < 1.29 is 0 Å². The third kappa shape index (κ3) is 1.76. The molecule has 0 spiro atoms. The van der Waals surface area contributed by atoms with Crippen LogP contribution in [0, 0.1) is 0 Å². The fourth-order valence-electron chi connectivity index (χ4n) is 3.79. The highest BCUT2D eigenvalue weighted by molar-refractivity contribution is 5.93. The van der Waals surface area contributed by atoms with Crippen molar-refractivity contribution in [2.45, 2.75) is 6.42 Å². The average Bonchev–Trinajstić information content (AvgIpc) is 3.26. The van der Waals surface area contributed by atoms with Gasteiger partial charge in [0.25, 0.3) is 5.43 Å². The Bertz CT molecular complexity index is 1230. The van der Waals surface area contributed by atoms with Gasteiger partial charge in [0.05, 0.1) is 5.69 Å². The van der Waals surface area contributed by atoms with Crippen LogP contribution in [-0.2, 0) is 6.42 Å². The largest absolute Gasteiger partial charge is 0.320 e. The molecule has 5 rings (SSSR count). The van der Waals surface area contributed by atoms with Crippen LogP contribution in [0.25, 0.3) is 39.7 Å². The summed E-state index contributed by atoms with van der Waals surface area (Å²) in [5.41, 5.74) is 6.27. The normalized spacial score (nSPS) is 12.3. The van der Waals surface area contributed by atoms with Crippen molar-refractivity contribution in [1.29, 1.82) is 0 Å². The highest BCUT2D eigenvalue weighted by Crippen LogP contribution is 2.44. The highest BCUT2D eigenvalue weighted by Gasteiger charge is 2.29. The second kappa shape index (κ2) is 4.80. The minimum atomic E-state index is -0.745. The summed E-state index contributed by atoms with van der Waals surface area (Å²) in [5.74, 6) is 0. The number of benzene rings is 2. The number of hydrogen-bond acceptors (Lipinski definition) is 4. The molecule has 0 unspecified atom stereocenters. The molecular weight excluding hydrogens is 312 g/mol. The van der Waals surface area contributed by atoms with E-state index in [0.717, 1.165) is 17.5 Å². The molecule has 4 nitrogen and oxygen atoms in total. The fraction of sp³-hybridized carbons (Fsp3) is 0.0476. The van der Waals surface area contributed by atoms with Crippen molar-refractivity contribution in [3.8, 4) is 33.6 Å². The number of rotatable bonds is 2. The van der Waals surface area contributed by atoms with Gasteiger partial charge in [-0.25, -0.2) is 9.97 Å². The molecule has 2 aromatic carbocycles. The van der Waals surface area contributed by atoms with Gasteiger partial charge < -0.3 is 0 Å². The first kappa shape index (κ1) is 14.0. The van der Waals surface area contributed by atoms with E-state index in [1.54, 1.807) is 6.08 Å². The predicted octanol–water partition coefficient (Wildman–Crippen LogP) is 3.06. The van der Waals surface area contributed by atoms with Gasteiger partial charge in [0.2, 0.25) is 0 Å². The van der Waals surface area contributed by atoms with Crippen molar-refractivity contribution in [3.05, 3.63) is 86.4 Å². The van der Waals surface area contributed by atoms with Crippen molar-refractivity contribution in [2.24, 2.45) is 0 Å². The maximum atomic E-state index is 12.0. The van der Waals surface area contributed by atoms with E-state index < -0.39 is 11.0 Å². The summed E-state index contributed by atoms with van der Waals surface area (Å²) < 4.78 is 0. The molecule has 2 aromatic rings. The molecule has 1 aliphatic carbocycles. The lowest BCUT2D eigenvalue weighted by Gasteiger charge is -2.09. The summed E-state index contributed by atoms with van der Waals surface area (Å²) in [6.45, 7) is 3.81. The Morgan fingerprint density at radius 2 is 1.64 bits per heavy atom. The minimum absolute atomic E-state index is 0.142. The Kier molecular flexibility index (Phi) is 2.69. The summed E-state index contributed by atoms with van der Waals surface area (Å²) >= 11 is 0. The van der Waals surface area contributed by atoms with E-state index >= 15 is 0 Å². The smallest absolute Gasteiger partial charge is 0.281 e. The molecule has 4 heteroatoms. The summed E-state index contributed by atoms with van der Waals surface area (Å²) in [4.78, 5) is 32.0.